The van der Waals surface area contributed by atoms with Gasteiger partial charge in [-0.05, 0) is 19.5 Å². The summed E-state index contributed by atoms with van der Waals surface area (Å²) in [5.41, 5.74) is 0. The van der Waals surface area contributed by atoms with Gasteiger partial charge >= 0.3 is 0 Å². The number of aliphatic hydroxyl groups is 1. The SMILES string of the molecule is CCN(CC)C1CCN(c2nc(Cl)c(CO)s2)C1. The molecule has 0 aromatic carbocycles. The molecule has 1 aromatic heterocycles. The molecule has 1 fully saturated rings. The van der Waals surface area contributed by atoms with Crippen molar-refractivity contribution in [2.45, 2.75) is 32.9 Å². The quantitative estimate of drug-likeness (QED) is 0.902. The van der Waals surface area contributed by atoms with Gasteiger partial charge in [-0.3, -0.25) is 4.90 Å². The predicted molar refractivity (Wildman–Crippen MR) is 76.6 cm³/mol. The van der Waals surface area contributed by atoms with Crippen LogP contribution in [0.4, 0.5) is 5.13 Å². The molecule has 1 N–H and O–H groups in total. The second-order valence-corrected chi connectivity index (χ2v) is 5.90. The Hall–Kier alpha value is -0.360. The van der Waals surface area contributed by atoms with E-state index in [4.69, 9.17) is 16.7 Å². The monoisotopic (exact) mass is 289 g/mol. The molecule has 1 atom stereocenters. The van der Waals surface area contributed by atoms with Crippen molar-refractivity contribution in [3.8, 4) is 0 Å². The normalized spacial score (nSPS) is 20.1. The summed E-state index contributed by atoms with van der Waals surface area (Å²) in [5.74, 6) is 0. The number of anilines is 1. The molecule has 0 amide bonds. The Balaban J connectivity index is 2.03. The Morgan fingerprint density at radius 3 is 2.78 bits per heavy atom. The standard InChI is InChI=1S/C12H20ClN3OS/c1-3-15(4-2)9-5-6-16(7-9)12-14-11(13)10(8-17)18-12/h9,17H,3-8H2,1-2H3. The van der Waals surface area contributed by atoms with Crippen molar-refractivity contribution in [1.29, 1.82) is 0 Å². The molecule has 0 spiro atoms. The number of halogens is 1. The molecule has 6 heteroatoms. The minimum Gasteiger partial charge on any atom is -0.391 e. The number of rotatable bonds is 5. The molecule has 1 aliphatic rings. The van der Waals surface area contributed by atoms with Gasteiger partial charge in [0, 0.05) is 19.1 Å². The number of thiazole rings is 1. The predicted octanol–water partition coefficient (Wildman–Crippen LogP) is 2.21. The summed E-state index contributed by atoms with van der Waals surface area (Å²) in [6, 6.07) is 0.611. The van der Waals surface area contributed by atoms with Crippen LogP contribution in [0.1, 0.15) is 25.1 Å². The molecular weight excluding hydrogens is 270 g/mol. The summed E-state index contributed by atoms with van der Waals surface area (Å²) in [6.07, 6.45) is 1.17. The highest BCUT2D eigenvalue weighted by Crippen LogP contribution is 2.32. The second-order valence-electron chi connectivity index (χ2n) is 4.48. The third kappa shape index (κ3) is 2.79. The number of hydrogen-bond donors (Lipinski definition) is 1. The average molecular weight is 290 g/mol. The summed E-state index contributed by atoms with van der Waals surface area (Å²) in [7, 11) is 0. The van der Waals surface area contributed by atoms with Crippen LogP contribution in [-0.2, 0) is 6.61 Å². The first-order valence-electron chi connectivity index (χ1n) is 6.44. The van der Waals surface area contributed by atoms with E-state index in [1.165, 1.54) is 17.8 Å². The third-order valence-electron chi connectivity index (χ3n) is 3.54. The van der Waals surface area contributed by atoms with Gasteiger partial charge in [0.25, 0.3) is 0 Å². The Bertz CT molecular complexity index is 395. The van der Waals surface area contributed by atoms with E-state index in [2.05, 4.69) is 28.6 Å². The highest BCUT2D eigenvalue weighted by atomic mass is 35.5. The van der Waals surface area contributed by atoms with Crippen molar-refractivity contribution >= 4 is 28.1 Å². The minimum absolute atomic E-state index is 0.0240. The van der Waals surface area contributed by atoms with Gasteiger partial charge < -0.3 is 10.0 Å². The molecule has 0 aliphatic carbocycles. The lowest BCUT2D eigenvalue weighted by molar-refractivity contribution is 0.232. The zero-order valence-corrected chi connectivity index (χ0v) is 12.5. The van der Waals surface area contributed by atoms with Gasteiger partial charge in [-0.15, -0.1) is 0 Å². The minimum atomic E-state index is -0.0240. The van der Waals surface area contributed by atoms with Gasteiger partial charge in [0.05, 0.1) is 11.5 Å². The fourth-order valence-electron chi connectivity index (χ4n) is 2.51. The molecule has 1 aliphatic heterocycles. The van der Waals surface area contributed by atoms with E-state index in [0.717, 1.165) is 36.2 Å². The maximum Gasteiger partial charge on any atom is 0.187 e. The van der Waals surface area contributed by atoms with Gasteiger partial charge in [0.2, 0.25) is 0 Å². The number of likely N-dealkylation sites (N-methyl/N-ethyl adjacent to an activating group) is 1. The van der Waals surface area contributed by atoms with Gasteiger partial charge in [-0.1, -0.05) is 36.8 Å². The van der Waals surface area contributed by atoms with Gasteiger partial charge in [-0.25, -0.2) is 4.98 Å². The summed E-state index contributed by atoms with van der Waals surface area (Å²) >= 11 is 7.48. The maximum absolute atomic E-state index is 9.15. The molecule has 1 saturated heterocycles. The molecule has 4 nitrogen and oxygen atoms in total. The van der Waals surface area contributed by atoms with Crippen LogP contribution in [0.15, 0.2) is 0 Å². The van der Waals surface area contributed by atoms with Crippen molar-refractivity contribution in [3.63, 3.8) is 0 Å². The van der Waals surface area contributed by atoms with E-state index in [1.54, 1.807) is 0 Å². The highest BCUT2D eigenvalue weighted by molar-refractivity contribution is 7.16. The number of aromatic nitrogens is 1. The van der Waals surface area contributed by atoms with Crippen LogP contribution >= 0.6 is 22.9 Å². The average Bonchev–Trinajstić information content (AvgIpc) is 2.97. The Morgan fingerprint density at radius 2 is 2.22 bits per heavy atom. The molecule has 1 aromatic rings. The second kappa shape index (κ2) is 6.19. The third-order valence-corrected chi connectivity index (χ3v) is 5.07. The van der Waals surface area contributed by atoms with E-state index in [-0.39, 0.29) is 6.61 Å². The molecule has 2 heterocycles. The van der Waals surface area contributed by atoms with Crippen LogP contribution in [-0.4, -0.2) is 47.2 Å². The molecule has 2 rings (SSSR count). The first-order chi connectivity index (χ1) is 8.69. The zero-order chi connectivity index (χ0) is 13.1. The zero-order valence-electron chi connectivity index (χ0n) is 10.9. The molecule has 18 heavy (non-hydrogen) atoms. The van der Waals surface area contributed by atoms with E-state index in [0.29, 0.717) is 11.2 Å². The van der Waals surface area contributed by atoms with Crippen molar-refractivity contribution in [2.24, 2.45) is 0 Å². The van der Waals surface area contributed by atoms with Gasteiger partial charge in [0.15, 0.2) is 5.13 Å². The summed E-state index contributed by atoms with van der Waals surface area (Å²) < 4.78 is 0. The number of aliphatic hydroxyl groups excluding tert-OH is 1. The molecular formula is C12H20ClN3OS. The van der Waals surface area contributed by atoms with Crippen molar-refractivity contribution < 1.29 is 5.11 Å². The lowest BCUT2D eigenvalue weighted by atomic mass is 10.2. The molecule has 0 radical (unpaired) electrons. The summed E-state index contributed by atoms with van der Waals surface area (Å²) in [4.78, 5) is 9.87. The summed E-state index contributed by atoms with van der Waals surface area (Å²) in [5, 5.41) is 10.5. The van der Waals surface area contributed by atoms with Crippen LogP contribution < -0.4 is 4.90 Å². The van der Waals surface area contributed by atoms with Crippen molar-refractivity contribution in [1.82, 2.24) is 9.88 Å². The smallest absolute Gasteiger partial charge is 0.187 e. The lowest BCUT2D eigenvalue weighted by Crippen LogP contribution is -2.37. The fourth-order valence-corrected chi connectivity index (χ4v) is 3.66. The Labute approximate surface area is 117 Å². The molecule has 1 unspecified atom stereocenters. The van der Waals surface area contributed by atoms with Crippen LogP contribution in [0.25, 0.3) is 0 Å². The van der Waals surface area contributed by atoms with E-state index >= 15 is 0 Å². The first-order valence-corrected chi connectivity index (χ1v) is 7.64. The van der Waals surface area contributed by atoms with Crippen LogP contribution in [0.3, 0.4) is 0 Å². The van der Waals surface area contributed by atoms with Gasteiger partial charge in [-0.2, -0.15) is 0 Å². The van der Waals surface area contributed by atoms with E-state index in [1.807, 2.05) is 0 Å². The van der Waals surface area contributed by atoms with Crippen LogP contribution in [0.2, 0.25) is 5.15 Å². The Kier molecular flexibility index (Phi) is 4.84. The highest BCUT2D eigenvalue weighted by Gasteiger charge is 2.28. The maximum atomic E-state index is 9.15. The summed E-state index contributed by atoms with van der Waals surface area (Å²) in [6.45, 7) is 8.60. The van der Waals surface area contributed by atoms with Gasteiger partial charge in [0.1, 0.15) is 5.15 Å². The topological polar surface area (TPSA) is 39.6 Å². The van der Waals surface area contributed by atoms with E-state index < -0.39 is 0 Å². The van der Waals surface area contributed by atoms with Crippen molar-refractivity contribution in [2.75, 3.05) is 31.1 Å². The Morgan fingerprint density at radius 1 is 1.50 bits per heavy atom. The first kappa shape index (κ1) is 14.1. The van der Waals surface area contributed by atoms with Crippen LogP contribution in [0.5, 0.6) is 0 Å². The molecule has 0 saturated carbocycles. The van der Waals surface area contributed by atoms with E-state index in [9.17, 15) is 0 Å². The number of nitrogens with zero attached hydrogens (tertiary/aromatic N) is 3. The number of hydrogen-bond acceptors (Lipinski definition) is 5. The van der Waals surface area contributed by atoms with Crippen molar-refractivity contribution in [3.05, 3.63) is 10.0 Å². The largest absolute Gasteiger partial charge is 0.391 e. The molecule has 102 valence electrons. The van der Waals surface area contributed by atoms with Crippen LogP contribution in [0, 0.1) is 0 Å². The fraction of sp³-hybridized carbons (Fsp3) is 0.750. The lowest BCUT2D eigenvalue weighted by Gasteiger charge is -2.25. The molecule has 0 bridgehead atoms.